The Hall–Kier alpha value is -1.57. The average molecular weight is 202 g/mol. The topological polar surface area (TPSA) is 26.3 Å². The van der Waals surface area contributed by atoms with Gasteiger partial charge < -0.3 is 4.74 Å². The highest BCUT2D eigenvalue weighted by Crippen LogP contribution is 2.28. The minimum absolute atomic E-state index is 0.0993. The summed E-state index contributed by atoms with van der Waals surface area (Å²) in [4.78, 5) is 11.8. The highest BCUT2D eigenvalue weighted by molar-refractivity contribution is 6.00. The highest BCUT2D eigenvalue weighted by atomic mass is 16.5. The number of carbonyl (C=O) groups is 1. The van der Waals surface area contributed by atoms with Crippen LogP contribution >= 0.6 is 0 Å². The molecule has 0 unspecified atom stereocenters. The van der Waals surface area contributed by atoms with Gasteiger partial charge >= 0.3 is 0 Å². The lowest BCUT2D eigenvalue weighted by molar-refractivity contribution is 0.0893. The molecule has 2 rings (SSSR count). The van der Waals surface area contributed by atoms with E-state index in [-0.39, 0.29) is 11.9 Å². The van der Waals surface area contributed by atoms with Crippen LogP contribution in [0.3, 0.4) is 0 Å². The Balaban J connectivity index is 2.36. The zero-order valence-corrected chi connectivity index (χ0v) is 8.99. The van der Waals surface area contributed by atoms with E-state index in [0.29, 0.717) is 12.2 Å². The molecule has 15 heavy (non-hydrogen) atoms. The summed E-state index contributed by atoms with van der Waals surface area (Å²) in [5.74, 6) is 0.878. The van der Waals surface area contributed by atoms with Gasteiger partial charge in [0.05, 0.1) is 12.0 Å². The first kappa shape index (κ1) is 9.97. The Morgan fingerprint density at radius 2 is 2.27 bits per heavy atom. The summed E-state index contributed by atoms with van der Waals surface area (Å²) in [6, 6.07) is 5.73. The SMILES string of the molecule is CC=C[C@@H]1CC(=O)c2cc(C)ccc2O1. The fraction of sp³-hybridized carbons (Fsp3) is 0.308. The Kier molecular flexibility index (Phi) is 2.58. The molecular weight excluding hydrogens is 188 g/mol. The number of allylic oxidation sites excluding steroid dienone is 1. The Bertz CT molecular complexity index is 419. The molecule has 1 aromatic carbocycles. The molecule has 0 fully saturated rings. The zero-order chi connectivity index (χ0) is 10.8. The van der Waals surface area contributed by atoms with Crippen molar-refractivity contribution in [1.29, 1.82) is 0 Å². The number of Topliss-reactive ketones (excluding diaryl/α,β-unsaturated/α-hetero) is 1. The highest BCUT2D eigenvalue weighted by Gasteiger charge is 2.24. The fourth-order valence-corrected chi connectivity index (χ4v) is 1.78. The largest absolute Gasteiger partial charge is 0.485 e. The molecule has 1 aromatic rings. The van der Waals surface area contributed by atoms with Gasteiger partial charge in [0.15, 0.2) is 5.78 Å². The number of rotatable bonds is 1. The number of benzene rings is 1. The molecule has 1 heterocycles. The molecule has 0 aromatic heterocycles. The van der Waals surface area contributed by atoms with E-state index in [0.717, 1.165) is 11.1 Å². The van der Waals surface area contributed by atoms with Crippen molar-refractivity contribution >= 4 is 5.78 Å². The second-order valence-electron chi connectivity index (χ2n) is 3.81. The number of hydrogen-bond donors (Lipinski definition) is 0. The van der Waals surface area contributed by atoms with Crippen LogP contribution in [0, 0.1) is 6.92 Å². The number of aryl methyl sites for hydroxylation is 1. The molecule has 0 amide bonds. The van der Waals surface area contributed by atoms with Crippen LogP contribution < -0.4 is 4.74 Å². The molecule has 0 saturated carbocycles. The van der Waals surface area contributed by atoms with Crippen LogP contribution in [0.4, 0.5) is 0 Å². The maximum Gasteiger partial charge on any atom is 0.170 e. The lowest BCUT2D eigenvalue weighted by Crippen LogP contribution is -2.25. The van der Waals surface area contributed by atoms with E-state index in [1.165, 1.54) is 0 Å². The summed E-state index contributed by atoms with van der Waals surface area (Å²) in [6.07, 6.45) is 4.18. The van der Waals surface area contributed by atoms with Crippen LogP contribution in [0.2, 0.25) is 0 Å². The first-order valence-corrected chi connectivity index (χ1v) is 5.14. The zero-order valence-electron chi connectivity index (χ0n) is 8.99. The quantitative estimate of drug-likeness (QED) is 0.654. The maximum atomic E-state index is 11.8. The smallest absolute Gasteiger partial charge is 0.170 e. The van der Waals surface area contributed by atoms with Crippen LogP contribution in [0.5, 0.6) is 5.75 Å². The van der Waals surface area contributed by atoms with Gasteiger partial charge in [-0.05, 0) is 32.1 Å². The van der Waals surface area contributed by atoms with Gasteiger partial charge in [0.2, 0.25) is 0 Å². The predicted octanol–water partition coefficient (Wildman–Crippen LogP) is 2.90. The van der Waals surface area contributed by atoms with Gasteiger partial charge in [-0.2, -0.15) is 0 Å². The molecule has 1 aliphatic rings. The summed E-state index contributed by atoms with van der Waals surface area (Å²) in [6.45, 7) is 3.91. The van der Waals surface area contributed by atoms with Crippen molar-refractivity contribution in [3.63, 3.8) is 0 Å². The lowest BCUT2D eigenvalue weighted by Gasteiger charge is -2.23. The molecule has 1 aliphatic heterocycles. The van der Waals surface area contributed by atoms with Crippen LogP contribution in [0.15, 0.2) is 30.4 Å². The van der Waals surface area contributed by atoms with Crippen molar-refractivity contribution in [2.24, 2.45) is 0 Å². The third-order valence-corrected chi connectivity index (χ3v) is 2.51. The van der Waals surface area contributed by atoms with Crippen molar-refractivity contribution in [3.05, 3.63) is 41.5 Å². The molecule has 0 saturated heterocycles. The second-order valence-corrected chi connectivity index (χ2v) is 3.81. The monoisotopic (exact) mass is 202 g/mol. The van der Waals surface area contributed by atoms with E-state index in [1.807, 2.05) is 44.2 Å². The number of ether oxygens (including phenoxy) is 1. The molecule has 0 N–H and O–H groups in total. The van der Waals surface area contributed by atoms with Gasteiger partial charge in [0.25, 0.3) is 0 Å². The van der Waals surface area contributed by atoms with E-state index in [9.17, 15) is 4.79 Å². The molecule has 2 heteroatoms. The third-order valence-electron chi connectivity index (χ3n) is 2.51. The molecule has 0 aliphatic carbocycles. The van der Waals surface area contributed by atoms with Crippen LogP contribution in [0.25, 0.3) is 0 Å². The van der Waals surface area contributed by atoms with Gasteiger partial charge in [0, 0.05) is 0 Å². The van der Waals surface area contributed by atoms with Crippen molar-refractivity contribution in [2.75, 3.05) is 0 Å². The minimum Gasteiger partial charge on any atom is -0.485 e. The second kappa shape index (κ2) is 3.89. The number of hydrogen-bond acceptors (Lipinski definition) is 2. The molecule has 0 bridgehead atoms. The molecule has 0 radical (unpaired) electrons. The van der Waals surface area contributed by atoms with Gasteiger partial charge in [-0.25, -0.2) is 0 Å². The summed E-state index contributed by atoms with van der Waals surface area (Å²) < 4.78 is 5.69. The Labute approximate surface area is 89.6 Å². The fourth-order valence-electron chi connectivity index (χ4n) is 1.78. The van der Waals surface area contributed by atoms with Gasteiger partial charge in [-0.1, -0.05) is 17.7 Å². The lowest BCUT2D eigenvalue weighted by atomic mass is 9.99. The first-order chi connectivity index (χ1) is 7.20. The predicted molar refractivity (Wildman–Crippen MR) is 59.4 cm³/mol. The number of fused-ring (bicyclic) bond motifs is 1. The van der Waals surface area contributed by atoms with E-state index in [2.05, 4.69) is 0 Å². The summed E-state index contributed by atoms with van der Waals surface area (Å²) in [5.41, 5.74) is 1.81. The summed E-state index contributed by atoms with van der Waals surface area (Å²) in [5, 5.41) is 0. The Morgan fingerprint density at radius 1 is 1.47 bits per heavy atom. The first-order valence-electron chi connectivity index (χ1n) is 5.14. The molecule has 0 spiro atoms. The van der Waals surface area contributed by atoms with Crippen molar-refractivity contribution < 1.29 is 9.53 Å². The van der Waals surface area contributed by atoms with Crippen molar-refractivity contribution in [1.82, 2.24) is 0 Å². The van der Waals surface area contributed by atoms with E-state index >= 15 is 0 Å². The average Bonchev–Trinajstić information content (AvgIpc) is 2.20. The van der Waals surface area contributed by atoms with Crippen molar-refractivity contribution in [3.8, 4) is 5.75 Å². The third kappa shape index (κ3) is 1.94. The molecule has 2 nitrogen and oxygen atoms in total. The maximum absolute atomic E-state index is 11.8. The van der Waals surface area contributed by atoms with Gasteiger partial charge in [-0.3, -0.25) is 4.79 Å². The molecule has 78 valence electrons. The van der Waals surface area contributed by atoms with Crippen LogP contribution in [-0.2, 0) is 0 Å². The van der Waals surface area contributed by atoms with E-state index < -0.39 is 0 Å². The normalized spacial score (nSPS) is 20.1. The minimum atomic E-state index is -0.0993. The standard InChI is InChI=1S/C13H14O2/c1-3-4-10-8-12(14)11-7-9(2)5-6-13(11)15-10/h3-7,10H,8H2,1-2H3/t10-/m1/s1. The van der Waals surface area contributed by atoms with Crippen LogP contribution in [-0.4, -0.2) is 11.9 Å². The van der Waals surface area contributed by atoms with Crippen LogP contribution in [0.1, 0.15) is 29.3 Å². The summed E-state index contributed by atoms with van der Waals surface area (Å²) >= 11 is 0. The molecule has 1 atom stereocenters. The number of carbonyl (C=O) groups excluding carboxylic acids is 1. The van der Waals surface area contributed by atoms with E-state index in [4.69, 9.17) is 4.74 Å². The van der Waals surface area contributed by atoms with Gasteiger partial charge in [0.1, 0.15) is 11.9 Å². The van der Waals surface area contributed by atoms with E-state index in [1.54, 1.807) is 0 Å². The van der Waals surface area contributed by atoms with Gasteiger partial charge in [-0.15, -0.1) is 0 Å². The number of ketones is 1. The molecular formula is C13H14O2. The van der Waals surface area contributed by atoms with Crippen molar-refractivity contribution in [2.45, 2.75) is 26.4 Å². The Morgan fingerprint density at radius 3 is 3.00 bits per heavy atom. The summed E-state index contributed by atoms with van der Waals surface area (Å²) in [7, 11) is 0.